The molecule has 0 saturated carbocycles. The van der Waals surface area contributed by atoms with Crippen molar-refractivity contribution in [2.75, 3.05) is 0 Å². The first-order valence-electron chi connectivity index (χ1n) is 3.71. The van der Waals surface area contributed by atoms with Gasteiger partial charge in [-0.3, -0.25) is 4.79 Å². The fourth-order valence-electron chi connectivity index (χ4n) is 0.891. The molecule has 1 unspecified atom stereocenters. The number of aliphatic carboxylic acids is 1. The van der Waals surface area contributed by atoms with E-state index >= 15 is 0 Å². The molecule has 11 heavy (non-hydrogen) atoms. The van der Waals surface area contributed by atoms with Crippen LogP contribution in [0, 0.1) is 0 Å². The Morgan fingerprint density at radius 1 is 1.55 bits per heavy atom. The Kier molecular flexibility index (Phi) is 3.52. The molecule has 0 aliphatic carbocycles. The van der Waals surface area contributed by atoms with E-state index in [1.165, 1.54) is 0 Å². The quantitative estimate of drug-likeness (QED) is 0.683. The first-order chi connectivity index (χ1) is 4.81. The van der Waals surface area contributed by atoms with Crippen molar-refractivity contribution in [2.45, 2.75) is 45.8 Å². The predicted molar refractivity (Wildman–Crippen MR) is 42.6 cm³/mol. The van der Waals surface area contributed by atoms with E-state index in [1.54, 1.807) is 6.92 Å². The smallest absolute Gasteiger partial charge is 0.305 e. The van der Waals surface area contributed by atoms with Crippen molar-refractivity contribution < 1.29 is 14.6 Å². The van der Waals surface area contributed by atoms with Crippen molar-refractivity contribution in [3.05, 3.63) is 0 Å². The highest BCUT2D eigenvalue weighted by Gasteiger charge is 2.16. The first kappa shape index (κ1) is 10.4. The molecule has 1 N–H and O–H groups in total. The van der Waals surface area contributed by atoms with Gasteiger partial charge in [0.2, 0.25) is 0 Å². The highest BCUT2D eigenvalue weighted by molar-refractivity contribution is 5.67. The maximum absolute atomic E-state index is 10.2. The van der Waals surface area contributed by atoms with Gasteiger partial charge in [0.1, 0.15) is 0 Å². The Balaban J connectivity index is 3.69. The summed E-state index contributed by atoms with van der Waals surface area (Å²) < 4.78 is 5.37. The first-order valence-corrected chi connectivity index (χ1v) is 3.71. The Morgan fingerprint density at radius 2 is 2.00 bits per heavy atom. The molecule has 0 bridgehead atoms. The zero-order valence-corrected chi connectivity index (χ0v) is 7.55. The Hall–Kier alpha value is -0.570. The van der Waals surface area contributed by atoms with Crippen molar-refractivity contribution in [1.29, 1.82) is 0 Å². The normalized spacial score (nSPS) is 14.5. The lowest BCUT2D eigenvalue weighted by Crippen LogP contribution is -2.27. The van der Waals surface area contributed by atoms with Crippen molar-refractivity contribution in [3.63, 3.8) is 0 Å². The number of rotatable bonds is 3. The van der Waals surface area contributed by atoms with Gasteiger partial charge in [0.15, 0.2) is 0 Å². The van der Waals surface area contributed by atoms with Gasteiger partial charge in [-0.2, -0.15) is 0 Å². The zero-order valence-electron chi connectivity index (χ0n) is 7.55. The monoisotopic (exact) mass is 160 g/mol. The van der Waals surface area contributed by atoms with E-state index in [2.05, 4.69) is 0 Å². The van der Waals surface area contributed by atoms with Crippen molar-refractivity contribution in [2.24, 2.45) is 0 Å². The van der Waals surface area contributed by atoms with E-state index in [4.69, 9.17) is 9.84 Å². The summed E-state index contributed by atoms with van der Waals surface area (Å²) in [6.07, 6.45) is -0.149. The molecule has 3 nitrogen and oxygen atoms in total. The van der Waals surface area contributed by atoms with Gasteiger partial charge in [0.05, 0.1) is 18.1 Å². The SMILES string of the molecule is CC(CC(=O)O)OC(C)(C)C. The number of carbonyl (C=O) groups is 1. The lowest BCUT2D eigenvalue weighted by molar-refractivity contribution is -0.142. The molecule has 0 aliphatic rings. The summed E-state index contributed by atoms with van der Waals surface area (Å²) in [6.45, 7) is 7.49. The molecule has 0 rings (SSSR count). The van der Waals surface area contributed by atoms with Gasteiger partial charge in [-0.05, 0) is 27.7 Å². The third-order valence-electron chi connectivity index (χ3n) is 1.02. The van der Waals surface area contributed by atoms with Crippen LogP contribution in [0.5, 0.6) is 0 Å². The van der Waals surface area contributed by atoms with Crippen LogP contribution in [-0.4, -0.2) is 22.8 Å². The summed E-state index contributed by atoms with van der Waals surface area (Å²) in [4.78, 5) is 10.2. The molecule has 0 aromatic carbocycles. The number of hydrogen-bond acceptors (Lipinski definition) is 2. The van der Waals surface area contributed by atoms with Crippen LogP contribution in [0.4, 0.5) is 0 Å². The Morgan fingerprint density at radius 3 is 2.27 bits per heavy atom. The minimum atomic E-state index is -0.818. The van der Waals surface area contributed by atoms with Gasteiger partial charge < -0.3 is 9.84 Å². The lowest BCUT2D eigenvalue weighted by Gasteiger charge is -2.23. The van der Waals surface area contributed by atoms with E-state index in [0.717, 1.165) is 0 Å². The molecule has 3 heteroatoms. The summed E-state index contributed by atoms with van der Waals surface area (Å²) in [5, 5.41) is 8.40. The number of carboxylic acids is 1. The van der Waals surface area contributed by atoms with Crippen molar-refractivity contribution in [1.82, 2.24) is 0 Å². The molecule has 66 valence electrons. The highest BCUT2D eigenvalue weighted by atomic mass is 16.5. The molecule has 0 amide bonds. The average molecular weight is 160 g/mol. The van der Waals surface area contributed by atoms with Crippen molar-refractivity contribution in [3.8, 4) is 0 Å². The number of ether oxygens (including phenoxy) is 1. The van der Waals surface area contributed by atoms with Crippen LogP contribution < -0.4 is 0 Å². The second kappa shape index (κ2) is 3.72. The topological polar surface area (TPSA) is 46.5 Å². The fraction of sp³-hybridized carbons (Fsp3) is 0.875. The van der Waals surface area contributed by atoms with Crippen LogP contribution in [0.25, 0.3) is 0 Å². The summed E-state index contributed by atoms with van der Waals surface area (Å²) in [6, 6.07) is 0. The largest absolute Gasteiger partial charge is 0.481 e. The van der Waals surface area contributed by atoms with Crippen LogP contribution >= 0.6 is 0 Å². The minimum Gasteiger partial charge on any atom is -0.481 e. The zero-order chi connectivity index (χ0) is 9.07. The number of hydrogen-bond donors (Lipinski definition) is 1. The van der Waals surface area contributed by atoms with Crippen LogP contribution in [0.1, 0.15) is 34.1 Å². The van der Waals surface area contributed by atoms with E-state index < -0.39 is 5.97 Å². The Labute approximate surface area is 67.4 Å². The van der Waals surface area contributed by atoms with Gasteiger partial charge in [0, 0.05) is 0 Å². The second-order valence-corrected chi connectivity index (χ2v) is 3.64. The maximum atomic E-state index is 10.2. The molecule has 0 spiro atoms. The second-order valence-electron chi connectivity index (χ2n) is 3.64. The number of carboxylic acid groups (broad SMARTS) is 1. The molecule has 0 radical (unpaired) electrons. The van der Waals surface area contributed by atoms with Crippen LogP contribution in [0.3, 0.4) is 0 Å². The molecule has 0 fully saturated rings. The maximum Gasteiger partial charge on any atom is 0.305 e. The van der Waals surface area contributed by atoms with Crippen LogP contribution in [-0.2, 0) is 9.53 Å². The van der Waals surface area contributed by atoms with E-state index in [1.807, 2.05) is 20.8 Å². The lowest BCUT2D eigenvalue weighted by atomic mass is 10.1. The standard InChI is InChI=1S/C8H16O3/c1-6(5-7(9)10)11-8(2,3)4/h6H,5H2,1-4H3,(H,9,10). The van der Waals surface area contributed by atoms with Gasteiger partial charge >= 0.3 is 5.97 Å². The summed E-state index contributed by atoms with van der Waals surface area (Å²) in [5.74, 6) is -0.818. The fourth-order valence-corrected chi connectivity index (χ4v) is 0.891. The third kappa shape index (κ3) is 7.33. The molecular weight excluding hydrogens is 144 g/mol. The van der Waals surface area contributed by atoms with E-state index in [9.17, 15) is 4.79 Å². The van der Waals surface area contributed by atoms with Gasteiger partial charge in [-0.25, -0.2) is 0 Å². The molecule has 0 aliphatic heterocycles. The predicted octanol–water partition coefficient (Wildman–Crippen LogP) is 1.66. The molecule has 0 heterocycles. The summed E-state index contributed by atoms with van der Waals surface area (Å²) in [7, 11) is 0. The van der Waals surface area contributed by atoms with Crippen LogP contribution in [0.15, 0.2) is 0 Å². The van der Waals surface area contributed by atoms with E-state index in [-0.39, 0.29) is 18.1 Å². The molecule has 0 saturated heterocycles. The van der Waals surface area contributed by atoms with E-state index in [0.29, 0.717) is 0 Å². The molecule has 1 atom stereocenters. The van der Waals surface area contributed by atoms with Crippen molar-refractivity contribution >= 4 is 5.97 Å². The highest BCUT2D eigenvalue weighted by Crippen LogP contribution is 2.12. The third-order valence-corrected chi connectivity index (χ3v) is 1.02. The summed E-state index contributed by atoms with van der Waals surface area (Å²) in [5.41, 5.74) is -0.255. The molecule has 0 aromatic rings. The van der Waals surface area contributed by atoms with Gasteiger partial charge in [-0.1, -0.05) is 0 Å². The minimum absolute atomic E-state index is 0.0667. The molecular formula is C8H16O3. The Bertz CT molecular complexity index is 135. The average Bonchev–Trinajstić information content (AvgIpc) is 1.53. The molecule has 0 aromatic heterocycles. The van der Waals surface area contributed by atoms with Crippen LogP contribution in [0.2, 0.25) is 0 Å². The van der Waals surface area contributed by atoms with Gasteiger partial charge in [-0.15, -0.1) is 0 Å². The van der Waals surface area contributed by atoms with Gasteiger partial charge in [0.25, 0.3) is 0 Å². The summed E-state index contributed by atoms with van der Waals surface area (Å²) >= 11 is 0.